The Labute approximate surface area is 36.0 Å². The van der Waals surface area contributed by atoms with Crippen LogP contribution in [0.25, 0.3) is 0 Å². The Morgan fingerprint density at radius 1 is 1.17 bits per heavy atom. The number of hydrogen-bond donors (Lipinski definition) is 0. The van der Waals surface area contributed by atoms with Gasteiger partial charge in [-0.1, -0.05) is 0 Å². The molecule has 0 aromatic heterocycles. The summed E-state index contributed by atoms with van der Waals surface area (Å²) in [6.45, 7) is 1.68. The zero-order valence-electron chi connectivity index (χ0n) is 3.39. The lowest BCUT2D eigenvalue weighted by molar-refractivity contribution is 0.100. The van der Waals surface area contributed by atoms with Gasteiger partial charge in [0.25, 0.3) is 0 Å². The molecule has 34 valence electrons. The third-order valence-electron chi connectivity index (χ3n) is 1.25. The number of hydrogen-bond acceptors (Lipinski definition) is 2. The molecule has 2 aliphatic heterocycles. The largest absolute Gasteiger partial charge is 0.376 e. The van der Waals surface area contributed by atoms with Crippen LogP contribution in [0, 0.1) is 0 Å². The van der Waals surface area contributed by atoms with Crippen LogP contribution in [0.3, 0.4) is 0 Å². The molecule has 0 aliphatic carbocycles. The van der Waals surface area contributed by atoms with E-state index in [-0.39, 0.29) is 0 Å². The molecule has 0 N–H and O–H groups in total. The summed E-state index contributed by atoms with van der Waals surface area (Å²) in [6, 6.07) is 0. The maximum Gasteiger partial charge on any atom is 0.110 e. The van der Waals surface area contributed by atoms with Crippen molar-refractivity contribution in [1.82, 2.24) is 0 Å². The van der Waals surface area contributed by atoms with Crippen LogP contribution in [0.2, 0.25) is 0 Å². The van der Waals surface area contributed by atoms with Crippen LogP contribution in [0.1, 0.15) is 0 Å². The smallest absolute Gasteiger partial charge is 0.110 e. The second kappa shape index (κ2) is 0.768. The molecule has 0 radical (unpaired) electrons. The molecule has 0 aromatic rings. The van der Waals surface area contributed by atoms with Gasteiger partial charge in [0, 0.05) is 0 Å². The van der Waals surface area contributed by atoms with E-state index in [1.165, 1.54) is 0 Å². The highest BCUT2D eigenvalue weighted by Crippen LogP contribution is 2.27. The van der Waals surface area contributed by atoms with Crippen LogP contribution in [-0.4, -0.2) is 25.4 Å². The molecule has 2 heteroatoms. The van der Waals surface area contributed by atoms with Gasteiger partial charge in [-0.3, -0.25) is 0 Å². The van der Waals surface area contributed by atoms with Crippen molar-refractivity contribution in [2.45, 2.75) is 12.2 Å². The predicted molar refractivity (Wildman–Crippen MR) is 19.5 cm³/mol. The third kappa shape index (κ3) is 0.235. The van der Waals surface area contributed by atoms with E-state index in [1.807, 2.05) is 0 Å². The number of rotatable bonds is 0. The van der Waals surface area contributed by atoms with Crippen molar-refractivity contribution < 1.29 is 9.47 Å². The molecular formula is C4H6O2. The monoisotopic (exact) mass is 86.0 g/mol. The maximum absolute atomic E-state index is 5.03. The van der Waals surface area contributed by atoms with Crippen molar-refractivity contribution in [3.63, 3.8) is 0 Å². The van der Waals surface area contributed by atoms with E-state index >= 15 is 0 Å². The fraction of sp³-hybridized carbons (Fsp3) is 1.00. The average molecular weight is 86.1 g/mol. The Morgan fingerprint density at radius 2 is 1.83 bits per heavy atom. The number of fused-ring (bicyclic) bond motifs is 1. The van der Waals surface area contributed by atoms with Gasteiger partial charge in [-0.25, -0.2) is 0 Å². The molecule has 2 heterocycles. The van der Waals surface area contributed by atoms with E-state index in [1.54, 1.807) is 0 Å². The van der Waals surface area contributed by atoms with Crippen molar-refractivity contribution in [2.24, 2.45) is 0 Å². The Hall–Kier alpha value is -0.0800. The summed E-state index contributed by atoms with van der Waals surface area (Å²) in [5.41, 5.74) is 0. The Bertz CT molecular complexity index is 63.9. The normalized spacial score (nSPS) is 52.0. The summed E-state index contributed by atoms with van der Waals surface area (Å²) in [7, 11) is 0. The molecule has 0 aromatic carbocycles. The molecule has 2 rings (SSSR count). The van der Waals surface area contributed by atoms with E-state index in [0.29, 0.717) is 12.2 Å². The summed E-state index contributed by atoms with van der Waals surface area (Å²) in [4.78, 5) is 0. The first-order valence-electron chi connectivity index (χ1n) is 2.20. The van der Waals surface area contributed by atoms with Gasteiger partial charge in [0.05, 0.1) is 13.2 Å². The fourth-order valence-corrected chi connectivity index (χ4v) is 0.773. The fourth-order valence-electron chi connectivity index (χ4n) is 0.773. The predicted octanol–water partition coefficient (Wildman–Crippen LogP) is -0.216. The van der Waals surface area contributed by atoms with Crippen molar-refractivity contribution in [2.75, 3.05) is 13.2 Å². The van der Waals surface area contributed by atoms with E-state index < -0.39 is 0 Å². The first-order chi connectivity index (χ1) is 2.97. The molecule has 0 bridgehead atoms. The molecule has 2 aliphatic rings. The van der Waals surface area contributed by atoms with Gasteiger partial charge >= 0.3 is 0 Å². The molecule has 6 heavy (non-hydrogen) atoms. The van der Waals surface area contributed by atoms with Gasteiger partial charge in [-0.15, -0.1) is 0 Å². The van der Waals surface area contributed by atoms with Crippen LogP contribution in [0.15, 0.2) is 0 Å². The first-order valence-corrected chi connectivity index (χ1v) is 2.20. The van der Waals surface area contributed by atoms with E-state index in [0.717, 1.165) is 13.2 Å². The van der Waals surface area contributed by atoms with Crippen molar-refractivity contribution in [3.8, 4) is 0 Å². The summed E-state index contributed by atoms with van der Waals surface area (Å²) < 4.78 is 10.0. The minimum absolute atomic E-state index is 0.491. The van der Waals surface area contributed by atoms with Crippen LogP contribution < -0.4 is 0 Å². The average Bonchev–Trinajstić information content (AvgIpc) is 2.17. The van der Waals surface area contributed by atoms with Crippen LogP contribution in [0.5, 0.6) is 0 Å². The van der Waals surface area contributed by atoms with E-state index in [4.69, 9.17) is 9.47 Å². The first kappa shape index (κ1) is 2.99. The number of epoxide rings is 1. The molecule has 0 spiro atoms. The highest BCUT2D eigenvalue weighted by atomic mass is 16.7. The summed E-state index contributed by atoms with van der Waals surface area (Å²) in [6.07, 6.45) is 0.981. The Balaban J connectivity index is 2.09. The van der Waals surface area contributed by atoms with E-state index in [9.17, 15) is 0 Å². The quantitative estimate of drug-likeness (QED) is 0.380. The van der Waals surface area contributed by atoms with Crippen molar-refractivity contribution >= 4 is 0 Å². The van der Waals surface area contributed by atoms with Gasteiger partial charge in [-0.05, 0) is 0 Å². The standard InChI is InChI=1S/C4H6O2/c1-3-4(6-3)2-5-1/h3-4H,1-2H2/t3-,4?/m0/s1. The van der Waals surface area contributed by atoms with Crippen molar-refractivity contribution in [3.05, 3.63) is 0 Å². The van der Waals surface area contributed by atoms with E-state index in [2.05, 4.69) is 0 Å². The summed E-state index contributed by atoms with van der Waals surface area (Å²) in [5.74, 6) is 0. The van der Waals surface area contributed by atoms with Crippen LogP contribution in [-0.2, 0) is 9.47 Å². The highest BCUT2D eigenvalue weighted by molar-refractivity contribution is 4.88. The molecular weight excluding hydrogens is 80.0 g/mol. The van der Waals surface area contributed by atoms with Crippen LogP contribution >= 0.6 is 0 Å². The second-order valence-electron chi connectivity index (χ2n) is 1.75. The molecule has 2 saturated heterocycles. The van der Waals surface area contributed by atoms with Gasteiger partial charge < -0.3 is 9.47 Å². The minimum Gasteiger partial charge on any atom is -0.376 e. The molecule has 2 atom stereocenters. The molecule has 2 fully saturated rings. The Kier molecular flexibility index (Phi) is 0.383. The van der Waals surface area contributed by atoms with Gasteiger partial charge in [0.15, 0.2) is 0 Å². The second-order valence-corrected chi connectivity index (χ2v) is 1.75. The van der Waals surface area contributed by atoms with Gasteiger partial charge in [0.1, 0.15) is 12.2 Å². The van der Waals surface area contributed by atoms with Gasteiger partial charge in [-0.2, -0.15) is 0 Å². The van der Waals surface area contributed by atoms with Crippen LogP contribution in [0.4, 0.5) is 0 Å². The summed E-state index contributed by atoms with van der Waals surface area (Å²) in [5, 5.41) is 0. The lowest BCUT2D eigenvalue weighted by Gasteiger charge is -1.87. The molecule has 0 amide bonds. The lowest BCUT2D eigenvalue weighted by atomic mass is 10.4. The number of ether oxygens (including phenoxy) is 2. The SMILES string of the molecule is C1OC[C@@H]2OC12. The molecule has 1 unspecified atom stereocenters. The van der Waals surface area contributed by atoms with Crippen molar-refractivity contribution in [1.29, 1.82) is 0 Å². The zero-order chi connectivity index (χ0) is 3.98. The Morgan fingerprint density at radius 3 is 2.00 bits per heavy atom. The topological polar surface area (TPSA) is 21.8 Å². The lowest BCUT2D eigenvalue weighted by Crippen LogP contribution is -1.91. The van der Waals surface area contributed by atoms with Gasteiger partial charge in [0.2, 0.25) is 0 Å². The third-order valence-corrected chi connectivity index (χ3v) is 1.25. The molecule has 2 nitrogen and oxygen atoms in total. The summed E-state index contributed by atoms with van der Waals surface area (Å²) >= 11 is 0. The minimum atomic E-state index is 0.491. The highest BCUT2D eigenvalue weighted by Gasteiger charge is 2.43. The maximum atomic E-state index is 5.03. The molecule has 0 saturated carbocycles. The zero-order valence-corrected chi connectivity index (χ0v) is 3.39.